The first-order chi connectivity index (χ1) is 13.9. The van der Waals surface area contributed by atoms with Crippen molar-refractivity contribution in [2.75, 3.05) is 0 Å². The van der Waals surface area contributed by atoms with E-state index < -0.39 is 58.7 Å². The van der Waals surface area contributed by atoms with Gasteiger partial charge >= 0.3 is 17.4 Å². The number of sulfone groups is 2. The first-order valence-corrected chi connectivity index (χ1v) is 13.3. The number of hydrogen-bond donors (Lipinski definition) is 0. The number of halogens is 7. The smallest absolute Gasteiger partial charge is 0.227 e. The van der Waals surface area contributed by atoms with Crippen molar-refractivity contribution in [2.45, 2.75) is 104 Å². The monoisotopic (exact) mass is 504 g/mol. The molecule has 0 saturated heterocycles. The summed E-state index contributed by atoms with van der Waals surface area (Å²) >= 11 is 0. The van der Waals surface area contributed by atoms with Crippen molar-refractivity contribution < 1.29 is 47.6 Å². The van der Waals surface area contributed by atoms with Gasteiger partial charge in [-0.2, -0.15) is 30.7 Å². The van der Waals surface area contributed by atoms with E-state index in [2.05, 4.69) is 0 Å². The molecule has 31 heavy (non-hydrogen) atoms. The second-order valence-corrected chi connectivity index (χ2v) is 14.1. The molecule has 0 N–H and O–H groups in total. The summed E-state index contributed by atoms with van der Waals surface area (Å²) in [7, 11) is -11.9. The Morgan fingerprint density at radius 2 is 1.13 bits per heavy atom. The van der Waals surface area contributed by atoms with E-state index in [0.717, 1.165) is 6.42 Å². The summed E-state index contributed by atoms with van der Waals surface area (Å²) in [5, 5.41) is -8.04. The molecular weight excluding hydrogens is 477 g/mol. The molecule has 1 atom stereocenters. The lowest BCUT2D eigenvalue weighted by Gasteiger charge is -2.40. The van der Waals surface area contributed by atoms with Crippen LogP contribution in [0.1, 0.15) is 77.6 Å². The highest BCUT2D eigenvalue weighted by Crippen LogP contribution is 2.55. The maximum Gasteiger partial charge on any atom is 0.461 e. The van der Waals surface area contributed by atoms with E-state index in [1.165, 1.54) is 0 Å². The van der Waals surface area contributed by atoms with Crippen LogP contribution in [0.2, 0.25) is 0 Å². The lowest BCUT2D eigenvalue weighted by molar-refractivity contribution is -0.332. The molecule has 0 aromatic heterocycles. The lowest BCUT2D eigenvalue weighted by atomic mass is 9.86. The minimum atomic E-state index is -6.95. The highest BCUT2D eigenvalue weighted by Gasteiger charge is 2.82. The molecule has 0 aromatic carbocycles. The molecule has 2 saturated carbocycles. The van der Waals surface area contributed by atoms with Crippen molar-refractivity contribution in [3.8, 4) is 0 Å². The van der Waals surface area contributed by atoms with Crippen LogP contribution in [0, 0.1) is 5.92 Å². The van der Waals surface area contributed by atoms with E-state index in [0.29, 0.717) is 39.0 Å². The van der Waals surface area contributed by atoms with Crippen molar-refractivity contribution >= 4 is 19.7 Å². The van der Waals surface area contributed by atoms with Gasteiger partial charge in [0.05, 0.1) is 5.25 Å². The summed E-state index contributed by atoms with van der Waals surface area (Å²) in [4.78, 5) is 0. The number of alkyl halides is 7. The molecule has 0 bridgehead atoms. The van der Waals surface area contributed by atoms with Crippen LogP contribution < -0.4 is 0 Å². The Balaban J connectivity index is 2.65. The molecule has 0 aromatic rings. The quantitative estimate of drug-likeness (QED) is 0.422. The molecule has 13 heteroatoms. The Morgan fingerprint density at radius 1 is 0.710 bits per heavy atom. The maximum atomic E-state index is 14.5. The van der Waals surface area contributed by atoms with Gasteiger partial charge in [0, 0.05) is 0 Å². The minimum absolute atomic E-state index is 0.0562. The van der Waals surface area contributed by atoms with E-state index in [4.69, 9.17) is 0 Å². The van der Waals surface area contributed by atoms with Gasteiger partial charge in [-0.1, -0.05) is 51.4 Å². The zero-order valence-electron chi connectivity index (χ0n) is 17.0. The first kappa shape index (κ1) is 26.7. The Hall–Kier alpha value is -0.590. The molecule has 4 nitrogen and oxygen atoms in total. The molecule has 2 aliphatic carbocycles. The molecule has 2 aliphatic rings. The third kappa shape index (κ3) is 4.33. The predicted octanol–water partition coefficient (Wildman–Crippen LogP) is 5.63. The molecule has 2 fully saturated rings. The van der Waals surface area contributed by atoms with E-state index in [-0.39, 0.29) is 25.7 Å². The van der Waals surface area contributed by atoms with E-state index in [1.807, 2.05) is 0 Å². The van der Waals surface area contributed by atoms with Crippen LogP contribution in [-0.4, -0.2) is 43.5 Å². The first-order valence-electron chi connectivity index (χ1n) is 10.2. The standard InChI is InChI=1S/C18H27F7O4S2/c1-15(12-13-8-4-2-5-9-13,30(26,27)14-10-6-3-7-11-14)31(28,29)18(24,25)16(19,20)17(21,22)23/h13-14H,2-12H2,1H3. The van der Waals surface area contributed by atoms with Gasteiger partial charge in [0.1, 0.15) is 0 Å². The summed E-state index contributed by atoms with van der Waals surface area (Å²) in [6, 6.07) is 0. The Kier molecular flexibility index (Phi) is 7.43. The summed E-state index contributed by atoms with van der Waals surface area (Å²) in [6.07, 6.45) is -4.16. The largest absolute Gasteiger partial charge is 0.461 e. The van der Waals surface area contributed by atoms with Crippen LogP contribution in [0.4, 0.5) is 30.7 Å². The molecule has 0 radical (unpaired) electrons. The van der Waals surface area contributed by atoms with Gasteiger partial charge in [-0.3, -0.25) is 0 Å². The highest BCUT2D eigenvalue weighted by molar-refractivity contribution is 8.11. The summed E-state index contributed by atoms with van der Waals surface area (Å²) in [5.74, 6) is -7.64. The molecule has 1 unspecified atom stereocenters. The third-order valence-electron chi connectivity index (χ3n) is 6.60. The molecule has 0 amide bonds. The average Bonchev–Trinajstić information content (AvgIpc) is 2.68. The Bertz CT molecular complexity index is 841. The second-order valence-electron chi connectivity index (χ2n) is 8.74. The Labute approximate surface area is 177 Å². The van der Waals surface area contributed by atoms with Crippen LogP contribution >= 0.6 is 0 Å². The zero-order valence-corrected chi connectivity index (χ0v) is 18.7. The molecular formula is C18H27F7O4S2. The third-order valence-corrected chi connectivity index (χ3v) is 12.9. The van der Waals surface area contributed by atoms with Gasteiger partial charge < -0.3 is 0 Å². The average molecular weight is 505 g/mol. The van der Waals surface area contributed by atoms with Crippen molar-refractivity contribution in [3.63, 3.8) is 0 Å². The molecule has 0 aliphatic heterocycles. The van der Waals surface area contributed by atoms with Crippen LogP contribution in [0.25, 0.3) is 0 Å². The van der Waals surface area contributed by atoms with Gasteiger partial charge in [0.15, 0.2) is 13.9 Å². The fourth-order valence-electron chi connectivity index (χ4n) is 4.63. The summed E-state index contributed by atoms with van der Waals surface area (Å²) in [6.45, 7) is 0.390. The van der Waals surface area contributed by atoms with Crippen LogP contribution in [0.5, 0.6) is 0 Å². The van der Waals surface area contributed by atoms with Crippen molar-refractivity contribution in [2.24, 2.45) is 5.92 Å². The number of rotatable bonds is 7. The molecule has 2 rings (SSSR count). The van der Waals surface area contributed by atoms with E-state index in [1.54, 1.807) is 0 Å². The van der Waals surface area contributed by atoms with Crippen LogP contribution in [0.3, 0.4) is 0 Å². The van der Waals surface area contributed by atoms with Crippen molar-refractivity contribution in [1.82, 2.24) is 0 Å². The van der Waals surface area contributed by atoms with Gasteiger partial charge in [-0.05, 0) is 32.1 Å². The summed E-state index contributed by atoms with van der Waals surface area (Å²) in [5.41, 5.74) is 0. The molecule has 0 heterocycles. The predicted molar refractivity (Wildman–Crippen MR) is 100 cm³/mol. The highest BCUT2D eigenvalue weighted by atomic mass is 32.3. The Morgan fingerprint density at radius 3 is 1.55 bits per heavy atom. The van der Waals surface area contributed by atoms with Gasteiger partial charge in [0.25, 0.3) is 0 Å². The van der Waals surface area contributed by atoms with Gasteiger partial charge in [-0.25, -0.2) is 16.8 Å². The number of hydrogen-bond acceptors (Lipinski definition) is 4. The lowest BCUT2D eigenvalue weighted by Crippen LogP contribution is -2.63. The second kappa shape index (κ2) is 8.64. The SMILES string of the molecule is CC(CC1CCCCC1)(S(=O)(=O)C1CCCCC1)S(=O)(=O)C(F)(F)C(F)(F)C(F)(F)F. The van der Waals surface area contributed by atoms with Crippen LogP contribution in [-0.2, 0) is 19.7 Å². The topological polar surface area (TPSA) is 68.3 Å². The normalized spacial score (nSPS) is 23.5. The fourth-order valence-corrected chi connectivity index (χ4v) is 10.2. The summed E-state index contributed by atoms with van der Waals surface area (Å²) < 4.78 is 143. The van der Waals surface area contributed by atoms with E-state index >= 15 is 0 Å². The fraction of sp³-hybridized carbons (Fsp3) is 1.00. The van der Waals surface area contributed by atoms with Crippen molar-refractivity contribution in [3.05, 3.63) is 0 Å². The van der Waals surface area contributed by atoms with E-state index in [9.17, 15) is 47.6 Å². The van der Waals surface area contributed by atoms with Gasteiger partial charge in [0.2, 0.25) is 9.84 Å². The zero-order chi connectivity index (χ0) is 23.9. The molecule has 0 spiro atoms. The van der Waals surface area contributed by atoms with Crippen LogP contribution in [0.15, 0.2) is 0 Å². The van der Waals surface area contributed by atoms with Crippen molar-refractivity contribution in [1.29, 1.82) is 0 Å². The van der Waals surface area contributed by atoms with Gasteiger partial charge in [-0.15, -0.1) is 0 Å². The molecule has 184 valence electrons. The minimum Gasteiger partial charge on any atom is -0.227 e. The maximum absolute atomic E-state index is 14.5.